The molecule has 2 aromatic rings. The van der Waals surface area contributed by atoms with Crippen LogP contribution < -0.4 is 10.6 Å². The molecule has 1 fully saturated rings. The summed E-state index contributed by atoms with van der Waals surface area (Å²) >= 11 is 0. The maximum Gasteiger partial charge on any atom is 0.243 e. The van der Waals surface area contributed by atoms with Crippen LogP contribution in [0.1, 0.15) is 37.4 Å². The highest BCUT2D eigenvalue weighted by Crippen LogP contribution is 2.28. The van der Waals surface area contributed by atoms with E-state index in [1.807, 2.05) is 68.4 Å². The number of likely N-dealkylation sites (tertiary alicyclic amines) is 1. The Balaban J connectivity index is 1.52. The maximum atomic E-state index is 12.5. The molecule has 0 bridgehead atoms. The van der Waals surface area contributed by atoms with Crippen LogP contribution in [0, 0.1) is 5.92 Å². The number of aryl methyl sites for hydroxylation is 1. The van der Waals surface area contributed by atoms with Gasteiger partial charge in [-0.2, -0.15) is 0 Å². The van der Waals surface area contributed by atoms with Crippen molar-refractivity contribution < 1.29 is 14.4 Å². The molecule has 0 spiro atoms. The lowest BCUT2D eigenvalue weighted by Crippen LogP contribution is -2.38. The number of carbonyl (C=O) groups is 3. The van der Waals surface area contributed by atoms with Gasteiger partial charge in [0.2, 0.25) is 17.7 Å². The van der Waals surface area contributed by atoms with Gasteiger partial charge in [0.05, 0.1) is 18.5 Å². The van der Waals surface area contributed by atoms with Crippen LogP contribution in [-0.4, -0.2) is 35.7 Å². The molecular formula is C23H27N3O3. The van der Waals surface area contributed by atoms with Crippen LogP contribution in [0.5, 0.6) is 0 Å². The Labute approximate surface area is 171 Å². The quantitative estimate of drug-likeness (QED) is 0.759. The van der Waals surface area contributed by atoms with Gasteiger partial charge in [-0.15, -0.1) is 0 Å². The standard InChI is InChI=1S/C23H27N3O3/c1-3-17-9-7-8-12-20(17)25-21(27)14-24-23(29)19-13-22(28)26(15-19)16(2)18-10-5-4-6-11-18/h4-12,16,19H,3,13-15H2,1-2H3,(H,24,29)(H,25,27)/t16-,19-/m0/s1. The minimum absolute atomic E-state index is 0.0390. The Morgan fingerprint density at radius 1 is 1.10 bits per heavy atom. The van der Waals surface area contributed by atoms with E-state index in [1.165, 1.54) is 0 Å². The average molecular weight is 393 g/mol. The number of rotatable bonds is 7. The number of carbonyl (C=O) groups excluding carboxylic acids is 3. The maximum absolute atomic E-state index is 12.5. The van der Waals surface area contributed by atoms with Crippen LogP contribution >= 0.6 is 0 Å². The van der Waals surface area contributed by atoms with Crippen molar-refractivity contribution in [3.05, 3.63) is 65.7 Å². The summed E-state index contributed by atoms with van der Waals surface area (Å²) in [5.74, 6) is -1.02. The summed E-state index contributed by atoms with van der Waals surface area (Å²) < 4.78 is 0. The summed E-state index contributed by atoms with van der Waals surface area (Å²) in [7, 11) is 0. The smallest absolute Gasteiger partial charge is 0.243 e. The highest BCUT2D eigenvalue weighted by Gasteiger charge is 2.37. The molecule has 1 aliphatic heterocycles. The summed E-state index contributed by atoms with van der Waals surface area (Å²) in [5.41, 5.74) is 2.84. The summed E-state index contributed by atoms with van der Waals surface area (Å²) in [5, 5.41) is 5.51. The van der Waals surface area contributed by atoms with Crippen molar-refractivity contribution in [1.29, 1.82) is 0 Å². The van der Waals surface area contributed by atoms with E-state index in [2.05, 4.69) is 10.6 Å². The van der Waals surface area contributed by atoms with E-state index in [1.54, 1.807) is 4.90 Å². The molecule has 1 aliphatic rings. The second-order valence-corrected chi connectivity index (χ2v) is 7.31. The molecule has 0 aliphatic carbocycles. The Hall–Kier alpha value is -3.15. The van der Waals surface area contributed by atoms with Crippen molar-refractivity contribution in [2.24, 2.45) is 5.92 Å². The van der Waals surface area contributed by atoms with Gasteiger partial charge in [0, 0.05) is 18.7 Å². The van der Waals surface area contributed by atoms with E-state index in [-0.39, 0.29) is 36.7 Å². The normalized spacial score (nSPS) is 17.1. The molecule has 6 nitrogen and oxygen atoms in total. The van der Waals surface area contributed by atoms with Crippen molar-refractivity contribution in [2.45, 2.75) is 32.7 Å². The van der Waals surface area contributed by atoms with Gasteiger partial charge in [0.15, 0.2) is 0 Å². The van der Waals surface area contributed by atoms with Gasteiger partial charge in [-0.05, 0) is 30.5 Å². The highest BCUT2D eigenvalue weighted by atomic mass is 16.2. The minimum atomic E-state index is -0.440. The third kappa shape index (κ3) is 5.02. The molecule has 0 unspecified atom stereocenters. The van der Waals surface area contributed by atoms with Crippen molar-refractivity contribution in [2.75, 3.05) is 18.4 Å². The van der Waals surface area contributed by atoms with E-state index in [9.17, 15) is 14.4 Å². The van der Waals surface area contributed by atoms with Crippen LogP contribution in [0.4, 0.5) is 5.69 Å². The number of hydrogen-bond acceptors (Lipinski definition) is 3. The van der Waals surface area contributed by atoms with E-state index in [0.717, 1.165) is 23.2 Å². The molecule has 2 aromatic carbocycles. The van der Waals surface area contributed by atoms with E-state index < -0.39 is 5.92 Å². The first-order valence-electron chi connectivity index (χ1n) is 9.99. The van der Waals surface area contributed by atoms with E-state index in [0.29, 0.717) is 6.54 Å². The molecule has 1 saturated heterocycles. The second-order valence-electron chi connectivity index (χ2n) is 7.31. The highest BCUT2D eigenvalue weighted by molar-refractivity contribution is 5.96. The van der Waals surface area contributed by atoms with Crippen molar-refractivity contribution in [3.63, 3.8) is 0 Å². The van der Waals surface area contributed by atoms with Crippen molar-refractivity contribution >= 4 is 23.4 Å². The Morgan fingerprint density at radius 3 is 2.52 bits per heavy atom. The molecule has 2 N–H and O–H groups in total. The van der Waals surface area contributed by atoms with Gasteiger partial charge >= 0.3 is 0 Å². The Bertz CT molecular complexity index is 882. The number of anilines is 1. The lowest BCUT2D eigenvalue weighted by molar-refractivity contribution is -0.130. The van der Waals surface area contributed by atoms with Gasteiger partial charge < -0.3 is 15.5 Å². The van der Waals surface area contributed by atoms with Crippen LogP contribution in [0.15, 0.2) is 54.6 Å². The van der Waals surface area contributed by atoms with Gasteiger partial charge in [-0.3, -0.25) is 14.4 Å². The largest absolute Gasteiger partial charge is 0.347 e. The molecule has 29 heavy (non-hydrogen) atoms. The predicted molar refractivity (Wildman–Crippen MR) is 112 cm³/mol. The molecule has 152 valence electrons. The van der Waals surface area contributed by atoms with Crippen LogP contribution in [0.2, 0.25) is 0 Å². The average Bonchev–Trinajstić information content (AvgIpc) is 3.14. The van der Waals surface area contributed by atoms with Crippen LogP contribution in [0.3, 0.4) is 0 Å². The zero-order chi connectivity index (χ0) is 20.8. The van der Waals surface area contributed by atoms with Gasteiger partial charge in [0.25, 0.3) is 0 Å². The van der Waals surface area contributed by atoms with E-state index in [4.69, 9.17) is 0 Å². The Kier molecular flexibility index (Phi) is 6.65. The fourth-order valence-electron chi connectivity index (χ4n) is 3.65. The van der Waals surface area contributed by atoms with E-state index >= 15 is 0 Å². The topological polar surface area (TPSA) is 78.5 Å². The minimum Gasteiger partial charge on any atom is -0.347 e. The lowest BCUT2D eigenvalue weighted by Gasteiger charge is -2.25. The molecule has 0 saturated carbocycles. The molecule has 0 radical (unpaired) electrons. The third-order valence-electron chi connectivity index (χ3n) is 5.37. The molecule has 1 heterocycles. The van der Waals surface area contributed by atoms with Gasteiger partial charge in [-0.1, -0.05) is 55.5 Å². The zero-order valence-corrected chi connectivity index (χ0v) is 16.9. The summed E-state index contributed by atoms with van der Waals surface area (Å²) in [4.78, 5) is 38.9. The monoisotopic (exact) mass is 393 g/mol. The van der Waals surface area contributed by atoms with Gasteiger partial charge in [-0.25, -0.2) is 0 Å². The molecule has 6 heteroatoms. The second kappa shape index (κ2) is 9.37. The number of nitrogens with zero attached hydrogens (tertiary/aromatic N) is 1. The predicted octanol–water partition coefficient (Wildman–Crippen LogP) is 2.91. The van der Waals surface area contributed by atoms with Crippen LogP contribution in [0.25, 0.3) is 0 Å². The Morgan fingerprint density at radius 2 is 1.79 bits per heavy atom. The SMILES string of the molecule is CCc1ccccc1NC(=O)CNC(=O)[C@H]1CC(=O)N([C@@H](C)c2ccccc2)C1. The third-order valence-corrected chi connectivity index (χ3v) is 5.37. The molecule has 0 aromatic heterocycles. The van der Waals surface area contributed by atoms with Gasteiger partial charge in [0.1, 0.15) is 0 Å². The lowest BCUT2D eigenvalue weighted by atomic mass is 10.1. The summed E-state index contributed by atoms with van der Waals surface area (Å²) in [6, 6.07) is 17.3. The van der Waals surface area contributed by atoms with Crippen molar-refractivity contribution in [1.82, 2.24) is 10.2 Å². The number of nitrogens with one attached hydrogen (secondary N) is 2. The number of benzene rings is 2. The fraction of sp³-hybridized carbons (Fsp3) is 0.348. The molecular weight excluding hydrogens is 366 g/mol. The zero-order valence-electron chi connectivity index (χ0n) is 16.9. The fourth-order valence-corrected chi connectivity index (χ4v) is 3.65. The first-order chi connectivity index (χ1) is 14.0. The first-order valence-corrected chi connectivity index (χ1v) is 9.99. The van der Waals surface area contributed by atoms with Crippen LogP contribution in [-0.2, 0) is 20.8 Å². The molecule has 3 rings (SSSR count). The molecule has 2 atom stereocenters. The van der Waals surface area contributed by atoms with Crippen molar-refractivity contribution in [3.8, 4) is 0 Å². The number of para-hydroxylation sites is 1. The molecule has 3 amide bonds. The number of hydrogen-bond donors (Lipinski definition) is 2. The summed E-state index contributed by atoms with van der Waals surface area (Å²) in [6.45, 7) is 4.23. The number of amides is 3. The first kappa shape index (κ1) is 20.6. The summed E-state index contributed by atoms with van der Waals surface area (Å²) in [6.07, 6.45) is 0.978.